The molecule has 0 aliphatic heterocycles. The van der Waals surface area contributed by atoms with Gasteiger partial charge in [0, 0.05) is 21.8 Å². The Balaban J connectivity index is 1.59. The van der Waals surface area contributed by atoms with Gasteiger partial charge in [0.2, 0.25) is 5.91 Å². The number of carbonyl (C=O) groups excluding carboxylic acids is 2. The third kappa shape index (κ3) is 5.86. The normalized spacial score (nSPS) is 10.4. The molecule has 3 aromatic carbocycles. The van der Waals surface area contributed by atoms with E-state index in [2.05, 4.69) is 10.6 Å². The highest BCUT2D eigenvalue weighted by atomic mass is 32.2. The predicted molar refractivity (Wildman–Crippen MR) is 120 cm³/mol. The highest BCUT2D eigenvalue weighted by Gasteiger charge is 2.12. The highest BCUT2D eigenvalue weighted by Crippen LogP contribution is 2.24. The van der Waals surface area contributed by atoms with Crippen molar-refractivity contribution in [2.24, 2.45) is 0 Å². The summed E-state index contributed by atoms with van der Waals surface area (Å²) < 4.78 is 0. The van der Waals surface area contributed by atoms with Gasteiger partial charge in [0.05, 0.1) is 5.75 Å². The zero-order chi connectivity index (χ0) is 22.4. The summed E-state index contributed by atoms with van der Waals surface area (Å²) in [7, 11) is 0. The number of thioether (sulfide) groups is 1. The standard InChI is InChI=1S/C23H20N2O5S/c1-14-5-2-3-8-18(14)22(28)25-15-6-4-7-17(11-15)31-13-21(27)24-16-9-10-20(26)19(12-16)23(29)30/h2-12,26H,13H2,1H3,(H,24,27)(H,25,28)(H,29,30). The van der Waals surface area contributed by atoms with Crippen molar-refractivity contribution in [3.05, 3.63) is 83.4 Å². The van der Waals surface area contributed by atoms with Gasteiger partial charge in [0.1, 0.15) is 11.3 Å². The number of nitrogens with one attached hydrogen (secondary N) is 2. The minimum atomic E-state index is -1.28. The van der Waals surface area contributed by atoms with Crippen molar-refractivity contribution < 1.29 is 24.6 Å². The number of hydrogen-bond donors (Lipinski definition) is 4. The van der Waals surface area contributed by atoms with Crippen LogP contribution in [0.1, 0.15) is 26.3 Å². The van der Waals surface area contributed by atoms with Gasteiger partial charge in [0.15, 0.2) is 0 Å². The quantitative estimate of drug-likeness (QED) is 0.323. The number of carboxylic acids is 1. The number of carboxylic acid groups (broad SMARTS) is 1. The third-order valence-electron chi connectivity index (χ3n) is 4.36. The maximum Gasteiger partial charge on any atom is 0.339 e. The Labute approximate surface area is 183 Å². The predicted octanol–water partition coefficient (Wildman–Crippen LogP) is 4.38. The van der Waals surface area contributed by atoms with Crippen LogP contribution in [0, 0.1) is 6.92 Å². The summed E-state index contributed by atoms with van der Waals surface area (Å²) in [5, 5.41) is 24.0. The number of anilines is 2. The number of rotatable bonds is 7. The van der Waals surface area contributed by atoms with Crippen LogP contribution in [0.15, 0.2) is 71.6 Å². The van der Waals surface area contributed by atoms with E-state index in [0.29, 0.717) is 11.3 Å². The van der Waals surface area contributed by atoms with Gasteiger partial charge < -0.3 is 20.8 Å². The van der Waals surface area contributed by atoms with E-state index in [0.717, 1.165) is 10.5 Å². The fourth-order valence-corrected chi connectivity index (χ4v) is 3.58. The summed E-state index contributed by atoms with van der Waals surface area (Å²) in [6.07, 6.45) is 0. The van der Waals surface area contributed by atoms with E-state index in [4.69, 9.17) is 5.11 Å². The Bertz CT molecular complexity index is 1150. The molecule has 0 radical (unpaired) electrons. The number of aromatic carboxylic acids is 1. The van der Waals surface area contributed by atoms with Gasteiger partial charge >= 0.3 is 5.97 Å². The molecule has 3 rings (SSSR count). The second-order valence-electron chi connectivity index (χ2n) is 6.67. The molecule has 0 unspecified atom stereocenters. The Morgan fingerprint density at radius 2 is 1.61 bits per heavy atom. The van der Waals surface area contributed by atoms with Crippen LogP contribution in [0.3, 0.4) is 0 Å². The van der Waals surface area contributed by atoms with Crippen molar-refractivity contribution in [2.45, 2.75) is 11.8 Å². The second-order valence-corrected chi connectivity index (χ2v) is 7.72. The minimum Gasteiger partial charge on any atom is -0.507 e. The molecule has 0 aromatic heterocycles. The van der Waals surface area contributed by atoms with Crippen LogP contribution in [-0.2, 0) is 4.79 Å². The number of phenols is 1. The molecule has 3 aromatic rings. The lowest BCUT2D eigenvalue weighted by Gasteiger charge is -2.10. The molecular formula is C23H20N2O5S. The van der Waals surface area contributed by atoms with Crippen LogP contribution in [0.4, 0.5) is 11.4 Å². The molecule has 0 saturated heterocycles. The number of aromatic hydroxyl groups is 1. The van der Waals surface area contributed by atoms with Gasteiger partial charge in [-0.1, -0.05) is 24.3 Å². The topological polar surface area (TPSA) is 116 Å². The fraction of sp³-hybridized carbons (Fsp3) is 0.0870. The van der Waals surface area contributed by atoms with Gasteiger partial charge in [0.25, 0.3) is 5.91 Å². The first-order chi connectivity index (χ1) is 14.8. The van der Waals surface area contributed by atoms with Crippen molar-refractivity contribution in [1.82, 2.24) is 0 Å². The van der Waals surface area contributed by atoms with E-state index < -0.39 is 5.97 Å². The highest BCUT2D eigenvalue weighted by molar-refractivity contribution is 8.00. The average molecular weight is 436 g/mol. The van der Waals surface area contributed by atoms with Crippen LogP contribution < -0.4 is 10.6 Å². The molecule has 0 atom stereocenters. The minimum absolute atomic E-state index is 0.0818. The maximum absolute atomic E-state index is 12.5. The van der Waals surface area contributed by atoms with Crippen LogP contribution in [-0.4, -0.2) is 33.7 Å². The molecule has 158 valence electrons. The Kier molecular flexibility index (Phi) is 6.94. The van der Waals surface area contributed by atoms with Crippen LogP contribution in [0.5, 0.6) is 5.75 Å². The van der Waals surface area contributed by atoms with Gasteiger partial charge in [-0.2, -0.15) is 0 Å². The summed E-state index contributed by atoms with van der Waals surface area (Å²) in [6.45, 7) is 1.87. The van der Waals surface area contributed by atoms with Gasteiger partial charge in [-0.3, -0.25) is 9.59 Å². The van der Waals surface area contributed by atoms with Crippen LogP contribution in [0.25, 0.3) is 0 Å². The SMILES string of the molecule is Cc1ccccc1C(=O)Nc1cccc(SCC(=O)Nc2ccc(O)c(C(=O)O)c2)c1. The van der Waals surface area contributed by atoms with E-state index in [1.54, 1.807) is 30.3 Å². The number of benzene rings is 3. The molecule has 0 fully saturated rings. The summed E-state index contributed by atoms with van der Waals surface area (Å²) in [4.78, 5) is 36.6. The molecule has 0 heterocycles. The zero-order valence-electron chi connectivity index (χ0n) is 16.6. The zero-order valence-corrected chi connectivity index (χ0v) is 17.4. The lowest BCUT2D eigenvalue weighted by Crippen LogP contribution is -2.14. The van der Waals surface area contributed by atoms with E-state index in [1.807, 2.05) is 25.1 Å². The first-order valence-electron chi connectivity index (χ1n) is 9.29. The Hall–Kier alpha value is -3.78. The fourth-order valence-electron chi connectivity index (χ4n) is 2.82. The van der Waals surface area contributed by atoms with E-state index in [1.165, 1.54) is 30.0 Å². The molecule has 31 heavy (non-hydrogen) atoms. The Morgan fingerprint density at radius 1 is 0.871 bits per heavy atom. The molecule has 0 aliphatic carbocycles. The Morgan fingerprint density at radius 3 is 2.35 bits per heavy atom. The number of amides is 2. The smallest absolute Gasteiger partial charge is 0.339 e. The van der Waals surface area contributed by atoms with Crippen molar-refractivity contribution >= 4 is 40.9 Å². The lowest BCUT2D eigenvalue weighted by molar-refractivity contribution is -0.113. The summed E-state index contributed by atoms with van der Waals surface area (Å²) in [5.74, 6) is -2.11. The molecule has 8 heteroatoms. The lowest BCUT2D eigenvalue weighted by atomic mass is 10.1. The van der Waals surface area contributed by atoms with Gasteiger partial charge in [-0.05, 0) is 55.0 Å². The monoisotopic (exact) mass is 436 g/mol. The molecule has 0 aliphatic rings. The number of hydrogen-bond acceptors (Lipinski definition) is 5. The number of carbonyl (C=O) groups is 3. The molecule has 7 nitrogen and oxygen atoms in total. The molecule has 4 N–H and O–H groups in total. The summed E-state index contributed by atoms with van der Waals surface area (Å²) in [6, 6.07) is 18.3. The summed E-state index contributed by atoms with van der Waals surface area (Å²) >= 11 is 1.27. The number of aryl methyl sites for hydroxylation is 1. The molecule has 0 saturated carbocycles. The second kappa shape index (κ2) is 9.82. The largest absolute Gasteiger partial charge is 0.507 e. The van der Waals surface area contributed by atoms with E-state index in [-0.39, 0.29) is 34.6 Å². The molecular weight excluding hydrogens is 416 g/mol. The van der Waals surface area contributed by atoms with Crippen molar-refractivity contribution in [2.75, 3.05) is 16.4 Å². The first-order valence-corrected chi connectivity index (χ1v) is 10.3. The molecule has 0 spiro atoms. The van der Waals surface area contributed by atoms with Crippen LogP contribution >= 0.6 is 11.8 Å². The maximum atomic E-state index is 12.5. The van der Waals surface area contributed by atoms with Crippen molar-refractivity contribution in [3.63, 3.8) is 0 Å². The van der Waals surface area contributed by atoms with Crippen LogP contribution in [0.2, 0.25) is 0 Å². The third-order valence-corrected chi connectivity index (χ3v) is 5.36. The average Bonchev–Trinajstić information content (AvgIpc) is 2.74. The summed E-state index contributed by atoms with van der Waals surface area (Å²) in [5.41, 5.74) is 2.07. The van der Waals surface area contributed by atoms with Crippen molar-refractivity contribution in [3.8, 4) is 5.75 Å². The van der Waals surface area contributed by atoms with Gasteiger partial charge in [-0.25, -0.2) is 4.79 Å². The first kappa shape index (κ1) is 21.9. The van der Waals surface area contributed by atoms with Crippen molar-refractivity contribution in [1.29, 1.82) is 0 Å². The van der Waals surface area contributed by atoms with E-state index >= 15 is 0 Å². The molecule has 2 amide bonds. The van der Waals surface area contributed by atoms with Gasteiger partial charge in [-0.15, -0.1) is 11.8 Å². The molecule has 0 bridgehead atoms. The van der Waals surface area contributed by atoms with E-state index in [9.17, 15) is 19.5 Å².